The average molecular weight is 235 g/mol. The molecule has 1 fully saturated rings. The van der Waals surface area contributed by atoms with E-state index in [1.807, 2.05) is 12.4 Å². The fourth-order valence-corrected chi connectivity index (χ4v) is 2.51. The van der Waals surface area contributed by atoms with Gasteiger partial charge in [-0.2, -0.15) is 0 Å². The first-order valence-corrected chi connectivity index (χ1v) is 6.92. The van der Waals surface area contributed by atoms with E-state index >= 15 is 0 Å². The number of hydrogen-bond donors (Lipinski definition) is 1. The van der Waals surface area contributed by atoms with Crippen molar-refractivity contribution in [2.45, 2.75) is 45.6 Å². The highest BCUT2D eigenvalue weighted by Gasteiger charge is 2.33. The van der Waals surface area contributed by atoms with E-state index < -0.39 is 0 Å². The zero-order chi connectivity index (χ0) is 12.3. The Balaban J connectivity index is 1.96. The third-order valence-corrected chi connectivity index (χ3v) is 3.98. The van der Waals surface area contributed by atoms with Crippen LogP contribution in [0.4, 0.5) is 0 Å². The quantitative estimate of drug-likeness (QED) is 0.786. The minimum atomic E-state index is 0.587. The molecule has 1 heterocycles. The molecule has 2 unspecified atom stereocenters. The van der Waals surface area contributed by atoms with Crippen molar-refractivity contribution in [3.8, 4) is 0 Å². The molecule has 1 aromatic rings. The Morgan fingerprint density at radius 2 is 2.29 bits per heavy atom. The number of aromatic nitrogens is 2. The van der Waals surface area contributed by atoms with E-state index in [2.05, 4.69) is 35.8 Å². The van der Waals surface area contributed by atoms with Gasteiger partial charge in [0.25, 0.3) is 0 Å². The van der Waals surface area contributed by atoms with Gasteiger partial charge in [0.15, 0.2) is 0 Å². The van der Waals surface area contributed by atoms with Crippen LogP contribution < -0.4 is 5.32 Å². The summed E-state index contributed by atoms with van der Waals surface area (Å²) in [5.74, 6) is 2.92. The monoisotopic (exact) mass is 235 g/mol. The maximum absolute atomic E-state index is 4.45. The highest BCUT2D eigenvalue weighted by atomic mass is 15.0. The summed E-state index contributed by atoms with van der Waals surface area (Å²) in [5, 5.41) is 3.70. The number of nitrogens with one attached hydrogen (secondary N) is 1. The second-order valence-electron chi connectivity index (χ2n) is 5.42. The molecule has 2 rings (SSSR count). The molecule has 3 heteroatoms. The Kier molecular flexibility index (Phi) is 4.21. The van der Waals surface area contributed by atoms with Crippen LogP contribution in [0.1, 0.15) is 38.9 Å². The molecule has 1 saturated carbocycles. The van der Waals surface area contributed by atoms with Crippen molar-refractivity contribution in [3.05, 3.63) is 18.2 Å². The molecular weight excluding hydrogens is 210 g/mol. The van der Waals surface area contributed by atoms with Crippen LogP contribution in [0.3, 0.4) is 0 Å². The first-order chi connectivity index (χ1) is 8.22. The van der Waals surface area contributed by atoms with Crippen LogP contribution in [-0.2, 0) is 13.5 Å². The molecule has 0 radical (unpaired) electrons. The fourth-order valence-electron chi connectivity index (χ4n) is 2.51. The topological polar surface area (TPSA) is 29.9 Å². The van der Waals surface area contributed by atoms with Gasteiger partial charge < -0.3 is 9.88 Å². The van der Waals surface area contributed by atoms with E-state index in [9.17, 15) is 0 Å². The Hall–Kier alpha value is -0.830. The van der Waals surface area contributed by atoms with Gasteiger partial charge in [-0.15, -0.1) is 0 Å². The minimum Gasteiger partial charge on any atom is -0.338 e. The first-order valence-electron chi connectivity index (χ1n) is 6.92. The second-order valence-corrected chi connectivity index (χ2v) is 5.42. The van der Waals surface area contributed by atoms with Gasteiger partial charge in [0.05, 0.1) is 0 Å². The smallest absolute Gasteiger partial charge is 0.109 e. The number of imidazole rings is 1. The van der Waals surface area contributed by atoms with Crippen LogP contribution in [0.2, 0.25) is 0 Å². The molecular formula is C14H25N3. The predicted octanol–water partition coefficient (Wildman–Crippen LogP) is 2.38. The summed E-state index contributed by atoms with van der Waals surface area (Å²) in [5.41, 5.74) is 0. The number of nitrogens with zero attached hydrogens (tertiary/aromatic N) is 2. The Labute approximate surface area is 105 Å². The molecule has 3 nitrogen and oxygen atoms in total. The lowest BCUT2D eigenvalue weighted by molar-refractivity contribution is 0.333. The third-order valence-electron chi connectivity index (χ3n) is 3.98. The Bertz CT molecular complexity index is 341. The van der Waals surface area contributed by atoms with Crippen molar-refractivity contribution in [1.82, 2.24) is 14.9 Å². The van der Waals surface area contributed by atoms with Gasteiger partial charge in [0.1, 0.15) is 5.82 Å². The average Bonchev–Trinajstić information content (AvgIpc) is 3.09. The standard InChI is InChI=1S/C14H25N3/c1-4-7-15-13(11(2)12-5-6-12)10-14-16-8-9-17(14)3/h8-9,11-13,15H,4-7,10H2,1-3H3. The van der Waals surface area contributed by atoms with E-state index in [4.69, 9.17) is 0 Å². The maximum Gasteiger partial charge on any atom is 0.109 e. The summed E-state index contributed by atoms with van der Waals surface area (Å²) in [4.78, 5) is 4.45. The van der Waals surface area contributed by atoms with Crippen molar-refractivity contribution < 1.29 is 0 Å². The van der Waals surface area contributed by atoms with Gasteiger partial charge in [-0.05, 0) is 37.6 Å². The molecule has 0 bridgehead atoms. The van der Waals surface area contributed by atoms with Gasteiger partial charge >= 0.3 is 0 Å². The SMILES string of the molecule is CCCNC(Cc1nccn1C)C(C)C1CC1. The molecule has 1 aliphatic carbocycles. The zero-order valence-corrected chi connectivity index (χ0v) is 11.3. The van der Waals surface area contributed by atoms with E-state index in [0.717, 1.165) is 24.8 Å². The van der Waals surface area contributed by atoms with E-state index in [0.29, 0.717) is 6.04 Å². The van der Waals surface area contributed by atoms with Crippen LogP contribution in [0.15, 0.2) is 12.4 Å². The molecule has 0 aromatic carbocycles. The zero-order valence-electron chi connectivity index (χ0n) is 11.3. The lowest BCUT2D eigenvalue weighted by Crippen LogP contribution is -2.39. The second kappa shape index (κ2) is 5.67. The van der Waals surface area contributed by atoms with Crippen LogP contribution in [0.5, 0.6) is 0 Å². The van der Waals surface area contributed by atoms with Crippen molar-refractivity contribution in [1.29, 1.82) is 0 Å². The van der Waals surface area contributed by atoms with Gasteiger partial charge in [-0.25, -0.2) is 4.98 Å². The summed E-state index contributed by atoms with van der Waals surface area (Å²) >= 11 is 0. The van der Waals surface area contributed by atoms with Gasteiger partial charge in [-0.3, -0.25) is 0 Å². The van der Waals surface area contributed by atoms with Crippen LogP contribution in [0, 0.1) is 11.8 Å². The van der Waals surface area contributed by atoms with Crippen molar-refractivity contribution in [3.63, 3.8) is 0 Å². The predicted molar refractivity (Wildman–Crippen MR) is 70.9 cm³/mol. The first kappa shape index (κ1) is 12.6. The molecule has 1 N–H and O–H groups in total. The molecule has 17 heavy (non-hydrogen) atoms. The van der Waals surface area contributed by atoms with E-state index in [-0.39, 0.29) is 0 Å². The van der Waals surface area contributed by atoms with Gasteiger partial charge in [0, 0.05) is 31.9 Å². The molecule has 96 valence electrons. The maximum atomic E-state index is 4.45. The molecule has 1 aromatic heterocycles. The molecule has 0 aliphatic heterocycles. The molecule has 1 aliphatic rings. The van der Waals surface area contributed by atoms with Crippen LogP contribution in [-0.4, -0.2) is 22.1 Å². The van der Waals surface area contributed by atoms with Crippen LogP contribution in [0.25, 0.3) is 0 Å². The van der Waals surface area contributed by atoms with Crippen molar-refractivity contribution in [2.24, 2.45) is 18.9 Å². The normalized spacial score (nSPS) is 19.2. The number of rotatable bonds is 7. The molecule has 2 atom stereocenters. The van der Waals surface area contributed by atoms with E-state index in [1.165, 1.54) is 25.1 Å². The van der Waals surface area contributed by atoms with E-state index in [1.54, 1.807) is 0 Å². The summed E-state index contributed by atoms with van der Waals surface area (Å²) in [7, 11) is 2.08. The lowest BCUT2D eigenvalue weighted by Gasteiger charge is -2.25. The Morgan fingerprint density at radius 1 is 1.53 bits per heavy atom. The summed E-state index contributed by atoms with van der Waals surface area (Å²) in [6.45, 7) is 5.74. The highest BCUT2D eigenvalue weighted by Crippen LogP contribution is 2.38. The largest absolute Gasteiger partial charge is 0.338 e. The van der Waals surface area contributed by atoms with Gasteiger partial charge in [0.2, 0.25) is 0 Å². The number of hydrogen-bond acceptors (Lipinski definition) is 2. The Morgan fingerprint density at radius 3 is 2.82 bits per heavy atom. The fraction of sp³-hybridized carbons (Fsp3) is 0.786. The minimum absolute atomic E-state index is 0.587. The summed E-state index contributed by atoms with van der Waals surface area (Å²) in [6.07, 6.45) is 9.04. The lowest BCUT2D eigenvalue weighted by atomic mass is 9.93. The molecule has 0 spiro atoms. The summed E-state index contributed by atoms with van der Waals surface area (Å²) < 4.78 is 2.14. The third kappa shape index (κ3) is 3.32. The van der Waals surface area contributed by atoms with Crippen LogP contribution >= 0.6 is 0 Å². The number of aryl methyl sites for hydroxylation is 1. The molecule has 0 amide bonds. The van der Waals surface area contributed by atoms with Crippen molar-refractivity contribution in [2.75, 3.05) is 6.54 Å². The molecule has 0 saturated heterocycles. The summed E-state index contributed by atoms with van der Waals surface area (Å²) in [6, 6.07) is 0.587. The highest BCUT2D eigenvalue weighted by molar-refractivity contribution is 4.98. The van der Waals surface area contributed by atoms with Crippen molar-refractivity contribution >= 4 is 0 Å². The van der Waals surface area contributed by atoms with Gasteiger partial charge in [-0.1, -0.05) is 13.8 Å².